The molecule has 1 heterocycles. The lowest BCUT2D eigenvalue weighted by Gasteiger charge is -2.18. The van der Waals surface area contributed by atoms with Crippen molar-refractivity contribution in [2.75, 3.05) is 17.2 Å². The van der Waals surface area contributed by atoms with Crippen molar-refractivity contribution in [3.63, 3.8) is 0 Å². The number of nitrogens with two attached hydrogens (primary N) is 1. The molecule has 102 valence electrons. The van der Waals surface area contributed by atoms with Gasteiger partial charge in [-0.05, 0) is 42.3 Å². The number of benzene rings is 2. The van der Waals surface area contributed by atoms with E-state index in [0.717, 1.165) is 11.6 Å². The second-order valence-electron chi connectivity index (χ2n) is 4.73. The number of phenolic OH excluding ortho intramolecular Hbond substituents is 1. The highest BCUT2D eigenvalue weighted by molar-refractivity contribution is 6.09. The Balaban J connectivity index is 2.02. The molecule has 3 rings (SSSR count). The Morgan fingerprint density at radius 3 is 2.85 bits per heavy atom. The van der Waals surface area contributed by atoms with Crippen molar-refractivity contribution < 1.29 is 14.3 Å². The first-order valence-corrected chi connectivity index (χ1v) is 6.25. The number of aromatic hydroxyl groups is 1. The zero-order valence-electron chi connectivity index (χ0n) is 10.6. The first kappa shape index (κ1) is 12.5. The third kappa shape index (κ3) is 1.87. The van der Waals surface area contributed by atoms with Gasteiger partial charge in [-0.25, -0.2) is 4.39 Å². The van der Waals surface area contributed by atoms with Crippen LogP contribution in [0.1, 0.15) is 15.9 Å². The lowest BCUT2D eigenvalue weighted by Crippen LogP contribution is -2.29. The van der Waals surface area contributed by atoms with Crippen molar-refractivity contribution >= 4 is 17.3 Å². The summed E-state index contributed by atoms with van der Waals surface area (Å²) in [5.74, 6) is -1.61. The van der Waals surface area contributed by atoms with Crippen LogP contribution in [-0.2, 0) is 6.42 Å². The van der Waals surface area contributed by atoms with E-state index in [9.17, 15) is 14.3 Å². The highest BCUT2D eigenvalue weighted by Gasteiger charge is 2.29. The largest absolute Gasteiger partial charge is 0.507 e. The number of rotatable bonds is 1. The fraction of sp³-hybridized carbons (Fsp3) is 0.133. The Morgan fingerprint density at radius 2 is 2.10 bits per heavy atom. The van der Waals surface area contributed by atoms with Gasteiger partial charge in [-0.3, -0.25) is 4.79 Å². The van der Waals surface area contributed by atoms with E-state index < -0.39 is 11.7 Å². The molecule has 1 aliphatic heterocycles. The van der Waals surface area contributed by atoms with Crippen molar-refractivity contribution in [3.8, 4) is 5.75 Å². The van der Waals surface area contributed by atoms with E-state index in [1.54, 1.807) is 12.1 Å². The van der Waals surface area contributed by atoms with Gasteiger partial charge < -0.3 is 15.7 Å². The number of nitrogen functional groups attached to an aromatic ring is 1. The molecule has 2 aromatic carbocycles. The van der Waals surface area contributed by atoms with E-state index in [4.69, 9.17) is 5.73 Å². The van der Waals surface area contributed by atoms with Crippen LogP contribution in [0, 0.1) is 5.82 Å². The van der Waals surface area contributed by atoms with Crippen molar-refractivity contribution in [1.82, 2.24) is 0 Å². The molecule has 0 atom stereocenters. The Hall–Kier alpha value is -2.56. The molecule has 5 heteroatoms. The van der Waals surface area contributed by atoms with Gasteiger partial charge in [-0.15, -0.1) is 0 Å². The summed E-state index contributed by atoms with van der Waals surface area (Å²) in [4.78, 5) is 13.9. The van der Waals surface area contributed by atoms with Gasteiger partial charge in [0.1, 0.15) is 17.1 Å². The molecule has 0 bridgehead atoms. The molecule has 0 aromatic heterocycles. The summed E-state index contributed by atoms with van der Waals surface area (Å²) >= 11 is 0. The first-order valence-electron chi connectivity index (χ1n) is 6.25. The average Bonchev–Trinajstić information content (AvgIpc) is 2.81. The number of phenols is 1. The Kier molecular flexibility index (Phi) is 2.82. The number of nitrogens with zero attached hydrogens (tertiary/aromatic N) is 1. The molecule has 3 N–H and O–H groups in total. The molecule has 0 saturated heterocycles. The minimum atomic E-state index is -0.723. The summed E-state index contributed by atoms with van der Waals surface area (Å²) in [6, 6.07) is 9.08. The monoisotopic (exact) mass is 272 g/mol. The predicted molar refractivity (Wildman–Crippen MR) is 74.3 cm³/mol. The first-order chi connectivity index (χ1) is 9.58. The lowest BCUT2D eigenvalue weighted by atomic mass is 10.1. The summed E-state index contributed by atoms with van der Waals surface area (Å²) in [7, 11) is 0. The van der Waals surface area contributed by atoms with Crippen molar-refractivity contribution in [1.29, 1.82) is 0 Å². The van der Waals surface area contributed by atoms with Crippen LogP contribution in [-0.4, -0.2) is 17.6 Å². The predicted octanol–water partition coefficient (Wildman–Crippen LogP) is 2.32. The molecule has 0 unspecified atom stereocenters. The molecule has 20 heavy (non-hydrogen) atoms. The van der Waals surface area contributed by atoms with Crippen LogP contribution in [0.5, 0.6) is 5.75 Å². The lowest BCUT2D eigenvalue weighted by molar-refractivity contribution is 0.0982. The topological polar surface area (TPSA) is 66.6 Å². The van der Waals surface area contributed by atoms with Gasteiger partial charge in [0.05, 0.1) is 0 Å². The number of hydrogen-bond acceptors (Lipinski definition) is 3. The van der Waals surface area contributed by atoms with Crippen molar-refractivity contribution in [2.45, 2.75) is 6.42 Å². The number of halogens is 1. The Bertz CT molecular complexity index is 680. The summed E-state index contributed by atoms with van der Waals surface area (Å²) in [5, 5.41) is 9.71. The second-order valence-corrected chi connectivity index (χ2v) is 4.73. The van der Waals surface area contributed by atoms with Gasteiger partial charge >= 0.3 is 0 Å². The van der Waals surface area contributed by atoms with Gasteiger partial charge in [0.2, 0.25) is 0 Å². The van der Waals surface area contributed by atoms with Gasteiger partial charge in [0, 0.05) is 17.9 Å². The maximum atomic E-state index is 13.8. The van der Waals surface area contributed by atoms with Crippen LogP contribution in [0.25, 0.3) is 0 Å². The Labute approximate surface area is 115 Å². The van der Waals surface area contributed by atoms with E-state index in [1.165, 1.54) is 17.0 Å². The van der Waals surface area contributed by atoms with Crippen LogP contribution in [0.15, 0.2) is 36.4 Å². The van der Waals surface area contributed by atoms with E-state index in [2.05, 4.69) is 0 Å². The SMILES string of the molecule is Nc1ccc2c(c1)CCN2C(=O)c1c(O)cccc1F. The van der Waals surface area contributed by atoms with E-state index in [1.807, 2.05) is 6.07 Å². The zero-order valence-corrected chi connectivity index (χ0v) is 10.6. The Morgan fingerprint density at radius 1 is 1.30 bits per heavy atom. The molecule has 0 spiro atoms. The number of hydrogen-bond donors (Lipinski definition) is 2. The van der Waals surface area contributed by atoms with Gasteiger partial charge in [0.25, 0.3) is 5.91 Å². The molecule has 0 radical (unpaired) electrons. The number of fused-ring (bicyclic) bond motifs is 1. The van der Waals surface area contributed by atoms with Gasteiger partial charge in [0.15, 0.2) is 0 Å². The molecule has 1 amide bonds. The highest BCUT2D eigenvalue weighted by Crippen LogP contribution is 2.32. The van der Waals surface area contributed by atoms with Gasteiger partial charge in [-0.2, -0.15) is 0 Å². The molecule has 1 aliphatic rings. The minimum Gasteiger partial charge on any atom is -0.507 e. The maximum absolute atomic E-state index is 13.8. The minimum absolute atomic E-state index is 0.294. The highest BCUT2D eigenvalue weighted by atomic mass is 19.1. The van der Waals surface area contributed by atoms with Crippen molar-refractivity contribution in [3.05, 3.63) is 53.3 Å². The fourth-order valence-electron chi connectivity index (χ4n) is 2.49. The molecule has 0 saturated carbocycles. The quantitative estimate of drug-likeness (QED) is 0.783. The number of amides is 1. The van der Waals surface area contributed by atoms with Crippen LogP contribution in [0.2, 0.25) is 0 Å². The summed E-state index contributed by atoms with van der Waals surface area (Å²) in [6.07, 6.45) is 0.668. The normalized spacial score (nSPS) is 13.3. The smallest absolute Gasteiger partial charge is 0.265 e. The van der Waals surface area contributed by atoms with Crippen LogP contribution >= 0.6 is 0 Å². The molecule has 4 nitrogen and oxygen atoms in total. The standard InChI is InChI=1S/C15H13FN2O2/c16-11-2-1-3-13(19)14(11)15(20)18-7-6-9-8-10(17)4-5-12(9)18/h1-5,8,19H,6-7,17H2. The summed E-state index contributed by atoms with van der Waals surface area (Å²) in [6.45, 7) is 0.450. The summed E-state index contributed by atoms with van der Waals surface area (Å²) < 4.78 is 13.8. The van der Waals surface area contributed by atoms with Gasteiger partial charge in [-0.1, -0.05) is 6.07 Å². The third-order valence-electron chi connectivity index (χ3n) is 3.45. The molecule has 0 aliphatic carbocycles. The summed E-state index contributed by atoms with van der Waals surface area (Å²) in [5.41, 5.74) is 7.71. The second kappa shape index (κ2) is 4.52. The molecule has 0 fully saturated rings. The zero-order chi connectivity index (χ0) is 14.3. The van der Waals surface area contributed by atoms with E-state index >= 15 is 0 Å². The number of carbonyl (C=O) groups is 1. The van der Waals surface area contributed by atoms with E-state index in [-0.39, 0.29) is 11.3 Å². The van der Waals surface area contributed by atoms with Crippen LogP contribution in [0.4, 0.5) is 15.8 Å². The number of carbonyl (C=O) groups excluding carboxylic acids is 1. The third-order valence-corrected chi connectivity index (χ3v) is 3.45. The molecular weight excluding hydrogens is 259 g/mol. The van der Waals surface area contributed by atoms with Crippen LogP contribution in [0.3, 0.4) is 0 Å². The molecule has 2 aromatic rings. The van der Waals surface area contributed by atoms with Crippen molar-refractivity contribution in [2.24, 2.45) is 0 Å². The molecular formula is C15H13FN2O2. The number of anilines is 2. The van der Waals surface area contributed by atoms with E-state index in [0.29, 0.717) is 24.3 Å². The fourth-order valence-corrected chi connectivity index (χ4v) is 2.49. The maximum Gasteiger partial charge on any atom is 0.265 e. The average molecular weight is 272 g/mol. The van der Waals surface area contributed by atoms with Crippen LogP contribution < -0.4 is 10.6 Å².